The molecule has 0 amide bonds. The van der Waals surface area contributed by atoms with Crippen LogP contribution < -0.4 is 0 Å². The Morgan fingerprint density at radius 2 is 1.71 bits per heavy atom. The standard InChI is InChI=1S/C11H15ClOS/c1-5-14-11-7(3)9(12)6(2)10(13)8(11)4/h13H,5H2,1-4H3. The number of halogens is 1. The van der Waals surface area contributed by atoms with E-state index in [1.54, 1.807) is 11.8 Å². The molecule has 0 heterocycles. The Balaban J connectivity index is 3.43. The third-order valence-corrected chi connectivity index (χ3v) is 4.10. The molecule has 1 aromatic rings. The van der Waals surface area contributed by atoms with Crippen LogP contribution >= 0.6 is 23.4 Å². The smallest absolute Gasteiger partial charge is 0.124 e. The molecule has 0 aliphatic heterocycles. The summed E-state index contributed by atoms with van der Waals surface area (Å²) in [5.74, 6) is 1.32. The van der Waals surface area contributed by atoms with E-state index in [-0.39, 0.29) is 0 Å². The van der Waals surface area contributed by atoms with E-state index in [4.69, 9.17) is 11.6 Å². The van der Waals surface area contributed by atoms with Crippen molar-refractivity contribution >= 4 is 23.4 Å². The predicted molar refractivity (Wildman–Crippen MR) is 63.7 cm³/mol. The van der Waals surface area contributed by atoms with Crippen molar-refractivity contribution in [1.29, 1.82) is 0 Å². The monoisotopic (exact) mass is 230 g/mol. The summed E-state index contributed by atoms with van der Waals surface area (Å²) in [4.78, 5) is 1.11. The van der Waals surface area contributed by atoms with Gasteiger partial charge in [0.05, 0.1) is 5.02 Å². The molecule has 1 N–H and O–H groups in total. The highest BCUT2D eigenvalue weighted by molar-refractivity contribution is 7.99. The molecule has 1 aromatic carbocycles. The molecular weight excluding hydrogens is 216 g/mol. The highest BCUT2D eigenvalue weighted by Gasteiger charge is 2.14. The number of hydrogen-bond donors (Lipinski definition) is 1. The zero-order valence-corrected chi connectivity index (χ0v) is 10.5. The van der Waals surface area contributed by atoms with Gasteiger partial charge in [0.25, 0.3) is 0 Å². The van der Waals surface area contributed by atoms with Crippen LogP contribution in [-0.4, -0.2) is 10.9 Å². The molecule has 0 aliphatic carbocycles. The van der Waals surface area contributed by atoms with Crippen molar-refractivity contribution < 1.29 is 5.11 Å². The van der Waals surface area contributed by atoms with Gasteiger partial charge in [-0.05, 0) is 32.1 Å². The quantitative estimate of drug-likeness (QED) is 0.773. The first-order chi connectivity index (χ1) is 6.50. The van der Waals surface area contributed by atoms with Gasteiger partial charge in [0.2, 0.25) is 0 Å². The van der Waals surface area contributed by atoms with Crippen molar-refractivity contribution in [2.75, 3.05) is 5.75 Å². The Morgan fingerprint density at radius 3 is 2.21 bits per heavy atom. The molecular formula is C11H15ClOS. The largest absolute Gasteiger partial charge is 0.507 e. The molecule has 0 saturated heterocycles. The van der Waals surface area contributed by atoms with Crippen LogP contribution in [0.1, 0.15) is 23.6 Å². The second-order valence-electron chi connectivity index (χ2n) is 3.30. The van der Waals surface area contributed by atoms with Crippen LogP contribution in [0.15, 0.2) is 4.90 Å². The molecule has 0 unspecified atom stereocenters. The molecule has 0 saturated carbocycles. The SMILES string of the molecule is CCSc1c(C)c(O)c(C)c(Cl)c1C. The second-order valence-corrected chi connectivity index (χ2v) is 4.95. The molecule has 1 nitrogen and oxygen atoms in total. The average Bonchev–Trinajstić information content (AvgIpc) is 2.19. The van der Waals surface area contributed by atoms with Crippen molar-refractivity contribution in [3.63, 3.8) is 0 Å². The lowest BCUT2D eigenvalue weighted by Gasteiger charge is -2.14. The first kappa shape index (κ1) is 11.7. The molecule has 0 spiro atoms. The molecule has 0 aromatic heterocycles. The van der Waals surface area contributed by atoms with Crippen molar-refractivity contribution in [1.82, 2.24) is 0 Å². The van der Waals surface area contributed by atoms with Crippen molar-refractivity contribution in [3.05, 3.63) is 21.7 Å². The van der Waals surface area contributed by atoms with Crippen LogP contribution in [-0.2, 0) is 0 Å². The van der Waals surface area contributed by atoms with Crippen molar-refractivity contribution in [2.24, 2.45) is 0 Å². The summed E-state index contributed by atoms with van der Waals surface area (Å²) < 4.78 is 0. The molecule has 0 bridgehead atoms. The van der Waals surface area contributed by atoms with E-state index in [1.165, 1.54) is 0 Å². The second kappa shape index (κ2) is 4.45. The van der Waals surface area contributed by atoms with E-state index in [2.05, 4.69) is 6.92 Å². The van der Waals surface area contributed by atoms with Gasteiger partial charge in [-0.1, -0.05) is 18.5 Å². The Morgan fingerprint density at radius 1 is 1.14 bits per heavy atom. The number of phenols is 1. The third-order valence-electron chi connectivity index (χ3n) is 2.34. The lowest BCUT2D eigenvalue weighted by molar-refractivity contribution is 0.464. The van der Waals surface area contributed by atoms with Crippen LogP contribution in [0.3, 0.4) is 0 Å². The van der Waals surface area contributed by atoms with E-state index in [9.17, 15) is 5.11 Å². The zero-order valence-electron chi connectivity index (χ0n) is 8.94. The lowest BCUT2D eigenvalue weighted by atomic mass is 10.1. The summed E-state index contributed by atoms with van der Waals surface area (Å²) in [6.45, 7) is 7.87. The van der Waals surface area contributed by atoms with Crippen LogP contribution in [0.4, 0.5) is 0 Å². The first-order valence-corrected chi connectivity index (χ1v) is 5.98. The maximum atomic E-state index is 9.82. The maximum absolute atomic E-state index is 9.82. The molecule has 3 heteroatoms. The summed E-state index contributed by atoms with van der Waals surface area (Å²) >= 11 is 7.84. The minimum Gasteiger partial charge on any atom is -0.507 e. The average molecular weight is 231 g/mol. The molecule has 78 valence electrons. The van der Waals surface area contributed by atoms with Gasteiger partial charge in [0.1, 0.15) is 5.75 Å². The minimum absolute atomic E-state index is 0.330. The number of benzene rings is 1. The Labute approximate surface area is 94.5 Å². The van der Waals surface area contributed by atoms with Crippen LogP contribution in [0.2, 0.25) is 5.02 Å². The summed E-state index contributed by atoms with van der Waals surface area (Å²) in [5.41, 5.74) is 2.80. The van der Waals surface area contributed by atoms with E-state index < -0.39 is 0 Å². The van der Waals surface area contributed by atoms with E-state index >= 15 is 0 Å². The Kier molecular flexibility index (Phi) is 3.73. The normalized spacial score (nSPS) is 10.6. The van der Waals surface area contributed by atoms with E-state index in [1.807, 2.05) is 20.8 Å². The number of aromatic hydroxyl groups is 1. The summed E-state index contributed by atoms with van der Waals surface area (Å²) in [7, 11) is 0. The summed E-state index contributed by atoms with van der Waals surface area (Å²) in [6, 6.07) is 0. The number of rotatable bonds is 2. The van der Waals surface area contributed by atoms with Gasteiger partial charge in [-0.3, -0.25) is 0 Å². The van der Waals surface area contributed by atoms with Gasteiger partial charge in [-0.25, -0.2) is 0 Å². The van der Waals surface area contributed by atoms with Gasteiger partial charge < -0.3 is 5.11 Å². The highest BCUT2D eigenvalue weighted by atomic mass is 35.5. The van der Waals surface area contributed by atoms with E-state index in [0.29, 0.717) is 10.8 Å². The minimum atomic E-state index is 0.330. The molecule has 0 radical (unpaired) electrons. The predicted octanol–water partition coefficient (Wildman–Crippen LogP) is 4.08. The van der Waals surface area contributed by atoms with Gasteiger partial charge in [0.15, 0.2) is 0 Å². The van der Waals surface area contributed by atoms with Crippen LogP contribution in [0.25, 0.3) is 0 Å². The fourth-order valence-corrected chi connectivity index (χ4v) is 2.68. The Bertz CT molecular complexity index is 332. The van der Waals surface area contributed by atoms with Gasteiger partial charge in [0, 0.05) is 16.0 Å². The fraction of sp³-hybridized carbons (Fsp3) is 0.455. The molecule has 0 atom stereocenters. The van der Waals surface area contributed by atoms with Crippen molar-refractivity contribution in [3.8, 4) is 5.75 Å². The van der Waals surface area contributed by atoms with Crippen LogP contribution in [0.5, 0.6) is 5.75 Å². The molecule has 14 heavy (non-hydrogen) atoms. The topological polar surface area (TPSA) is 20.2 Å². The number of thioether (sulfide) groups is 1. The van der Waals surface area contributed by atoms with Crippen LogP contribution in [0, 0.1) is 20.8 Å². The summed E-state index contributed by atoms with van der Waals surface area (Å²) in [5, 5.41) is 10.5. The number of hydrogen-bond acceptors (Lipinski definition) is 2. The molecule has 1 rings (SSSR count). The first-order valence-electron chi connectivity index (χ1n) is 4.61. The lowest BCUT2D eigenvalue weighted by Crippen LogP contribution is -1.92. The number of phenolic OH excluding ortho intramolecular Hbond substituents is 1. The van der Waals surface area contributed by atoms with E-state index in [0.717, 1.165) is 27.3 Å². The van der Waals surface area contributed by atoms with Gasteiger partial charge in [-0.2, -0.15) is 0 Å². The van der Waals surface area contributed by atoms with Gasteiger partial charge in [-0.15, -0.1) is 11.8 Å². The Hall–Kier alpha value is -0.340. The fourth-order valence-electron chi connectivity index (χ4n) is 1.52. The highest BCUT2D eigenvalue weighted by Crippen LogP contribution is 2.39. The molecule has 0 fully saturated rings. The zero-order chi connectivity index (χ0) is 10.9. The van der Waals surface area contributed by atoms with Crippen molar-refractivity contribution in [2.45, 2.75) is 32.6 Å². The maximum Gasteiger partial charge on any atom is 0.124 e. The summed E-state index contributed by atoms with van der Waals surface area (Å²) in [6.07, 6.45) is 0. The van der Waals surface area contributed by atoms with Gasteiger partial charge >= 0.3 is 0 Å². The third kappa shape index (κ3) is 1.86. The molecule has 0 aliphatic rings.